The van der Waals surface area contributed by atoms with Gasteiger partial charge in [0.25, 0.3) is 0 Å². The molecule has 168 valence electrons. The average molecular weight is 421 g/mol. The smallest absolute Gasteiger partial charge is 0.246 e. The van der Waals surface area contributed by atoms with Crippen molar-refractivity contribution in [2.75, 3.05) is 20.1 Å². The maximum Gasteiger partial charge on any atom is 0.246 e. The highest BCUT2D eigenvalue weighted by Gasteiger charge is 2.54. The van der Waals surface area contributed by atoms with Crippen LogP contribution in [0, 0.1) is 5.41 Å². The molecule has 2 saturated heterocycles. The lowest BCUT2D eigenvalue weighted by Crippen LogP contribution is -2.59. The second kappa shape index (κ2) is 9.20. The van der Waals surface area contributed by atoms with E-state index in [0.717, 1.165) is 0 Å². The topological polar surface area (TPSA) is 91.0 Å². The Kier molecular flexibility index (Phi) is 7.34. The van der Waals surface area contributed by atoms with Gasteiger partial charge in [-0.05, 0) is 31.9 Å². The summed E-state index contributed by atoms with van der Waals surface area (Å²) in [7, 11) is 1.70. The van der Waals surface area contributed by atoms with E-state index in [1.165, 1.54) is 13.0 Å². The number of carbonyl (C=O) groups is 3. The zero-order chi connectivity index (χ0) is 22.8. The third-order valence-corrected chi connectivity index (χ3v) is 6.02. The lowest BCUT2D eigenvalue weighted by molar-refractivity contribution is -0.142. The summed E-state index contributed by atoms with van der Waals surface area (Å²) >= 11 is 0. The Hall–Kier alpha value is -2.35. The second-order valence-corrected chi connectivity index (χ2v) is 9.19. The van der Waals surface area contributed by atoms with E-state index >= 15 is 0 Å². The van der Waals surface area contributed by atoms with Gasteiger partial charge in [-0.25, -0.2) is 0 Å². The van der Waals surface area contributed by atoms with E-state index in [0.29, 0.717) is 25.3 Å². The van der Waals surface area contributed by atoms with Gasteiger partial charge in [0.2, 0.25) is 17.7 Å². The lowest BCUT2D eigenvalue weighted by atomic mass is 9.85. The molecule has 0 aliphatic carbocycles. The normalized spacial score (nSPS) is 25.3. The van der Waals surface area contributed by atoms with Crippen LogP contribution < -0.4 is 10.6 Å². The van der Waals surface area contributed by atoms with Crippen molar-refractivity contribution in [2.45, 2.75) is 71.3 Å². The van der Waals surface area contributed by atoms with E-state index in [2.05, 4.69) is 23.8 Å². The summed E-state index contributed by atoms with van der Waals surface area (Å²) in [4.78, 5) is 41.9. The molecule has 2 heterocycles. The first kappa shape index (κ1) is 23.9. The second-order valence-electron chi connectivity index (χ2n) is 9.19. The first-order chi connectivity index (χ1) is 13.9. The summed E-state index contributed by atoms with van der Waals surface area (Å²) in [6.07, 6.45) is 1.81. The van der Waals surface area contributed by atoms with Crippen LogP contribution in [0.25, 0.3) is 0 Å². The molecule has 30 heavy (non-hydrogen) atoms. The van der Waals surface area contributed by atoms with E-state index in [9.17, 15) is 14.4 Å². The third kappa shape index (κ3) is 4.86. The highest BCUT2D eigenvalue weighted by atomic mass is 16.5. The number of hydrogen-bond donors (Lipinski definition) is 2. The molecule has 5 atom stereocenters. The molecular weight excluding hydrogens is 384 g/mol. The summed E-state index contributed by atoms with van der Waals surface area (Å²) in [5.74, 6) is -0.0221. The summed E-state index contributed by atoms with van der Waals surface area (Å²) in [5.41, 5.74) is -0.488. The van der Waals surface area contributed by atoms with Crippen molar-refractivity contribution in [1.29, 1.82) is 0 Å². The van der Waals surface area contributed by atoms with Crippen LogP contribution >= 0.6 is 0 Å². The van der Waals surface area contributed by atoms with E-state index in [1.54, 1.807) is 23.8 Å². The Balaban J connectivity index is 2.31. The molecule has 2 rings (SSSR count). The van der Waals surface area contributed by atoms with E-state index in [1.807, 2.05) is 20.8 Å². The van der Waals surface area contributed by atoms with Gasteiger partial charge in [0.15, 0.2) is 0 Å². The quantitative estimate of drug-likeness (QED) is 0.474. The van der Waals surface area contributed by atoms with Gasteiger partial charge in [0, 0.05) is 13.5 Å². The lowest BCUT2D eigenvalue weighted by Gasteiger charge is -2.37. The number of fused-ring (bicyclic) bond motifs is 1. The highest BCUT2D eigenvalue weighted by Crippen LogP contribution is 2.36. The minimum Gasteiger partial charge on any atom is -0.487 e. The summed E-state index contributed by atoms with van der Waals surface area (Å²) in [6.45, 7) is 17.5. The molecule has 0 aromatic rings. The number of likely N-dealkylation sites (N-methyl/N-ethyl adjacent to an activating group) is 1. The number of nitrogens with zero attached hydrogens (tertiary/aromatic N) is 2. The van der Waals surface area contributed by atoms with Crippen molar-refractivity contribution in [3.63, 3.8) is 0 Å². The number of likely N-dealkylation sites (tertiary alicyclic amines) is 2. The van der Waals surface area contributed by atoms with Crippen LogP contribution in [0.3, 0.4) is 0 Å². The molecule has 0 aromatic heterocycles. The van der Waals surface area contributed by atoms with Crippen LogP contribution in [0.5, 0.6) is 0 Å². The Labute approximate surface area is 179 Å². The van der Waals surface area contributed by atoms with E-state index in [4.69, 9.17) is 4.74 Å². The van der Waals surface area contributed by atoms with Crippen LogP contribution in [0.1, 0.15) is 41.0 Å². The van der Waals surface area contributed by atoms with Gasteiger partial charge < -0.3 is 25.2 Å². The maximum absolute atomic E-state index is 13.6. The minimum absolute atomic E-state index is 0.0434. The largest absolute Gasteiger partial charge is 0.487 e. The fraction of sp³-hybridized carbons (Fsp3) is 0.682. The summed E-state index contributed by atoms with van der Waals surface area (Å²) in [6, 6.07) is -1.52. The Bertz CT molecular complexity index is 714. The number of hydrogen-bond acceptors (Lipinski definition) is 5. The van der Waals surface area contributed by atoms with Gasteiger partial charge in [-0.3, -0.25) is 14.4 Å². The molecular formula is C22H36N4O4. The number of carbonyl (C=O) groups excluding carboxylic acids is 3. The number of nitrogens with one attached hydrogen (secondary N) is 2. The van der Waals surface area contributed by atoms with Gasteiger partial charge in [0.05, 0.1) is 24.7 Å². The molecule has 4 unspecified atom stereocenters. The number of allylic oxidation sites excluding steroid dienone is 1. The van der Waals surface area contributed by atoms with Gasteiger partial charge in [-0.1, -0.05) is 33.9 Å². The molecule has 2 N–H and O–H groups in total. The van der Waals surface area contributed by atoms with Crippen LogP contribution in [0.4, 0.5) is 0 Å². The molecule has 2 aliphatic rings. The monoisotopic (exact) mass is 420 g/mol. The van der Waals surface area contributed by atoms with Gasteiger partial charge in [-0.2, -0.15) is 0 Å². The van der Waals surface area contributed by atoms with Crippen molar-refractivity contribution in [2.24, 2.45) is 5.41 Å². The number of rotatable bonds is 7. The summed E-state index contributed by atoms with van der Waals surface area (Å²) < 4.78 is 5.94. The summed E-state index contributed by atoms with van der Waals surface area (Å²) in [5, 5.41) is 5.82. The number of amides is 3. The van der Waals surface area contributed by atoms with Crippen LogP contribution in [-0.4, -0.2) is 77.9 Å². The molecule has 0 aromatic carbocycles. The fourth-order valence-corrected chi connectivity index (χ4v) is 4.21. The molecule has 0 spiro atoms. The first-order valence-electron chi connectivity index (χ1n) is 10.5. The van der Waals surface area contributed by atoms with Crippen molar-refractivity contribution in [3.05, 3.63) is 25.0 Å². The maximum atomic E-state index is 13.6. The molecule has 0 bridgehead atoms. The third-order valence-electron chi connectivity index (χ3n) is 6.02. The molecule has 3 amide bonds. The van der Waals surface area contributed by atoms with Crippen molar-refractivity contribution in [3.8, 4) is 0 Å². The fourth-order valence-electron chi connectivity index (χ4n) is 4.21. The van der Waals surface area contributed by atoms with Crippen molar-refractivity contribution >= 4 is 17.7 Å². The van der Waals surface area contributed by atoms with E-state index < -0.39 is 17.5 Å². The first-order valence-corrected chi connectivity index (χ1v) is 10.5. The molecule has 2 aliphatic heterocycles. The van der Waals surface area contributed by atoms with Crippen molar-refractivity contribution in [1.82, 2.24) is 20.4 Å². The Morgan fingerprint density at radius 2 is 1.87 bits per heavy atom. The van der Waals surface area contributed by atoms with Crippen LogP contribution in [0.2, 0.25) is 0 Å². The molecule has 0 saturated carbocycles. The zero-order valence-corrected chi connectivity index (χ0v) is 19.0. The zero-order valence-electron chi connectivity index (χ0n) is 19.0. The minimum atomic E-state index is -0.700. The Morgan fingerprint density at radius 1 is 1.23 bits per heavy atom. The van der Waals surface area contributed by atoms with E-state index in [-0.39, 0.29) is 35.9 Å². The predicted octanol–water partition coefficient (Wildman–Crippen LogP) is 1.04. The Morgan fingerprint density at radius 3 is 2.37 bits per heavy atom. The van der Waals surface area contributed by atoms with Gasteiger partial charge in [-0.15, -0.1) is 0 Å². The van der Waals surface area contributed by atoms with Gasteiger partial charge >= 0.3 is 0 Å². The van der Waals surface area contributed by atoms with Gasteiger partial charge in [0.1, 0.15) is 17.9 Å². The van der Waals surface area contributed by atoms with Crippen LogP contribution in [-0.2, 0) is 19.1 Å². The standard InChI is InChI=1S/C22H36N4O4/c1-9-13(2)30-17-12-26(15(4)27)16-10-11-25(18(16)17)21(29)19(22(5,6)7)24-20(28)14(3)23-8/h9,14,16-19,23H,1-2,10-12H2,3-8H3,(H,24,28)/t14-,16?,17?,18?,19?/m0/s1. The SMILES string of the molecule is C=CC(=C)OC1CN(C(C)=O)C2CCN(C(=O)C(NC(=O)[C@H](C)NC)C(C)(C)C)C12. The highest BCUT2D eigenvalue weighted by molar-refractivity contribution is 5.90. The molecule has 0 radical (unpaired) electrons. The molecule has 8 heteroatoms. The average Bonchev–Trinajstić information content (AvgIpc) is 3.24. The molecule has 8 nitrogen and oxygen atoms in total. The number of ether oxygens (including phenoxy) is 1. The predicted molar refractivity (Wildman–Crippen MR) is 115 cm³/mol. The van der Waals surface area contributed by atoms with Crippen LogP contribution in [0.15, 0.2) is 25.0 Å². The molecule has 2 fully saturated rings. The van der Waals surface area contributed by atoms with Crippen molar-refractivity contribution < 1.29 is 19.1 Å².